The second-order valence-electron chi connectivity index (χ2n) is 5.70. The second kappa shape index (κ2) is 7.78. The number of rotatable bonds is 5. The molecule has 0 nitrogen and oxygen atoms in total. The summed E-state index contributed by atoms with van der Waals surface area (Å²) in [4.78, 5) is 4.99. The van der Waals surface area contributed by atoms with Crippen LogP contribution in [0, 0.1) is 13.8 Å². The first-order chi connectivity index (χ1) is 11.7. The zero-order valence-electron chi connectivity index (χ0n) is 14.0. The van der Waals surface area contributed by atoms with Crippen LogP contribution in [0.15, 0.2) is 92.9 Å². The highest BCUT2D eigenvalue weighted by Gasteiger charge is 2.08. The molecule has 0 fully saturated rings. The molecule has 2 heteroatoms. The van der Waals surface area contributed by atoms with Crippen LogP contribution >= 0.6 is 23.5 Å². The summed E-state index contributed by atoms with van der Waals surface area (Å²) in [6, 6.07) is 23.8. The lowest BCUT2D eigenvalue weighted by molar-refractivity contribution is 1.27. The molecule has 3 aromatic carbocycles. The maximum Gasteiger partial charge on any atom is 0.0205 e. The number of hydrogen-bond acceptors (Lipinski definition) is 2. The van der Waals surface area contributed by atoms with Crippen LogP contribution < -0.4 is 0 Å². The van der Waals surface area contributed by atoms with E-state index in [0.717, 1.165) is 0 Å². The Kier molecular flexibility index (Phi) is 5.49. The van der Waals surface area contributed by atoms with Gasteiger partial charge in [0.2, 0.25) is 0 Å². The molecule has 0 aliphatic carbocycles. The fourth-order valence-electron chi connectivity index (χ4n) is 2.37. The highest BCUT2D eigenvalue weighted by Crippen LogP contribution is 2.38. The van der Waals surface area contributed by atoms with Crippen molar-refractivity contribution in [3.63, 3.8) is 0 Å². The average molecular weight is 349 g/mol. The Hall–Kier alpha value is -1.90. The number of benzene rings is 3. The van der Waals surface area contributed by atoms with Crippen molar-refractivity contribution in [3.05, 3.63) is 90.0 Å². The normalized spacial score (nSPS) is 10.6. The van der Waals surface area contributed by atoms with Gasteiger partial charge >= 0.3 is 0 Å². The molecule has 120 valence electrons. The zero-order chi connectivity index (χ0) is 16.9. The van der Waals surface area contributed by atoms with Gasteiger partial charge in [0.25, 0.3) is 0 Å². The third-order valence-electron chi connectivity index (χ3n) is 3.73. The second-order valence-corrected chi connectivity index (χ2v) is 7.93. The average Bonchev–Trinajstić information content (AvgIpc) is 2.59. The van der Waals surface area contributed by atoms with Crippen LogP contribution in [0.5, 0.6) is 0 Å². The first kappa shape index (κ1) is 16.9. The first-order valence-corrected chi connectivity index (χ1v) is 9.53. The lowest BCUT2D eigenvalue weighted by Crippen LogP contribution is -1.85. The molecule has 3 rings (SSSR count). The van der Waals surface area contributed by atoms with Crippen LogP contribution in [0.4, 0.5) is 0 Å². The van der Waals surface area contributed by atoms with Crippen LogP contribution in [0.1, 0.15) is 16.7 Å². The van der Waals surface area contributed by atoms with Gasteiger partial charge in [-0.05, 0) is 50.2 Å². The van der Waals surface area contributed by atoms with Gasteiger partial charge in [0.15, 0.2) is 0 Å². The van der Waals surface area contributed by atoms with E-state index in [1.165, 1.54) is 36.3 Å². The van der Waals surface area contributed by atoms with Gasteiger partial charge in [0.05, 0.1) is 0 Å². The standard InChI is InChI=1S/C22H20S2/c1-4-20-21(23-18-12-8-16(2)9-13-18)6-5-7-22(20)24-19-14-10-17(3)11-15-19/h4-15H,1H2,2-3H3. The molecule has 0 spiro atoms. The minimum Gasteiger partial charge on any atom is -0.0984 e. The van der Waals surface area contributed by atoms with Crippen molar-refractivity contribution in [2.24, 2.45) is 0 Å². The van der Waals surface area contributed by atoms with E-state index in [-0.39, 0.29) is 0 Å². The maximum absolute atomic E-state index is 4.04. The molecule has 3 aromatic rings. The third-order valence-corrected chi connectivity index (χ3v) is 5.90. The smallest absolute Gasteiger partial charge is 0.0205 e. The van der Waals surface area contributed by atoms with Gasteiger partial charge in [0.1, 0.15) is 0 Å². The van der Waals surface area contributed by atoms with E-state index >= 15 is 0 Å². The van der Waals surface area contributed by atoms with Crippen LogP contribution in [0.3, 0.4) is 0 Å². The Morgan fingerprint density at radius 3 is 1.46 bits per heavy atom. The van der Waals surface area contributed by atoms with E-state index in [0.29, 0.717) is 0 Å². The molecule has 0 radical (unpaired) electrons. The van der Waals surface area contributed by atoms with Crippen molar-refractivity contribution in [1.82, 2.24) is 0 Å². The third kappa shape index (κ3) is 4.14. The summed E-state index contributed by atoms with van der Waals surface area (Å²) in [5.74, 6) is 0. The Labute approximate surface area is 153 Å². The van der Waals surface area contributed by atoms with Gasteiger partial charge in [-0.25, -0.2) is 0 Å². The van der Waals surface area contributed by atoms with Crippen LogP contribution in [-0.4, -0.2) is 0 Å². The molecule has 0 amide bonds. The van der Waals surface area contributed by atoms with Gasteiger partial charge in [-0.3, -0.25) is 0 Å². The Morgan fingerprint density at radius 2 is 1.08 bits per heavy atom. The van der Waals surface area contributed by atoms with Crippen molar-refractivity contribution in [3.8, 4) is 0 Å². The number of hydrogen-bond donors (Lipinski definition) is 0. The molecule has 0 aliphatic heterocycles. The molecule has 24 heavy (non-hydrogen) atoms. The maximum atomic E-state index is 4.04. The minimum absolute atomic E-state index is 1.20. The molecule has 0 saturated carbocycles. The van der Waals surface area contributed by atoms with Crippen LogP contribution in [0.25, 0.3) is 6.08 Å². The highest BCUT2D eigenvalue weighted by molar-refractivity contribution is 8.00. The molecular formula is C22H20S2. The Balaban J connectivity index is 1.89. The lowest BCUT2D eigenvalue weighted by atomic mass is 10.2. The number of aryl methyl sites for hydroxylation is 2. The van der Waals surface area contributed by atoms with Crippen molar-refractivity contribution < 1.29 is 0 Å². The molecule has 0 saturated heterocycles. The van der Waals surface area contributed by atoms with E-state index in [2.05, 4.69) is 87.2 Å². The van der Waals surface area contributed by atoms with Gasteiger partial charge in [-0.1, -0.05) is 77.6 Å². The minimum atomic E-state index is 1.20. The van der Waals surface area contributed by atoms with Crippen molar-refractivity contribution in [1.29, 1.82) is 0 Å². The van der Waals surface area contributed by atoms with Crippen molar-refractivity contribution in [2.75, 3.05) is 0 Å². The summed E-state index contributed by atoms with van der Waals surface area (Å²) in [7, 11) is 0. The quantitative estimate of drug-likeness (QED) is 0.476. The van der Waals surface area contributed by atoms with E-state index in [1.807, 2.05) is 6.08 Å². The monoisotopic (exact) mass is 348 g/mol. The van der Waals surface area contributed by atoms with E-state index in [9.17, 15) is 0 Å². The van der Waals surface area contributed by atoms with Crippen LogP contribution in [0.2, 0.25) is 0 Å². The molecule has 0 aromatic heterocycles. The summed E-state index contributed by atoms with van der Waals surface area (Å²) in [6.07, 6.45) is 1.97. The van der Waals surface area contributed by atoms with Gasteiger partial charge in [-0.15, -0.1) is 0 Å². The molecule has 0 atom stereocenters. The van der Waals surface area contributed by atoms with Gasteiger partial charge < -0.3 is 0 Å². The fraction of sp³-hybridized carbons (Fsp3) is 0.0909. The zero-order valence-corrected chi connectivity index (χ0v) is 15.6. The topological polar surface area (TPSA) is 0 Å². The molecule has 0 heterocycles. The predicted molar refractivity (Wildman–Crippen MR) is 107 cm³/mol. The summed E-state index contributed by atoms with van der Waals surface area (Å²) in [6.45, 7) is 8.26. The van der Waals surface area contributed by atoms with E-state index in [1.54, 1.807) is 23.5 Å². The highest BCUT2D eigenvalue weighted by atomic mass is 32.2. The molecule has 0 bridgehead atoms. The van der Waals surface area contributed by atoms with Crippen molar-refractivity contribution >= 4 is 29.6 Å². The summed E-state index contributed by atoms with van der Waals surface area (Å²) >= 11 is 3.58. The summed E-state index contributed by atoms with van der Waals surface area (Å²) in [5.41, 5.74) is 3.77. The largest absolute Gasteiger partial charge is 0.0984 e. The molecular weight excluding hydrogens is 328 g/mol. The van der Waals surface area contributed by atoms with Gasteiger partial charge in [0, 0.05) is 25.1 Å². The predicted octanol–water partition coefficient (Wildman–Crippen LogP) is 7.25. The van der Waals surface area contributed by atoms with E-state index < -0.39 is 0 Å². The lowest BCUT2D eigenvalue weighted by Gasteiger charge is -2.11. The first-order valence-electron chi connectivity index (χ1n) is 7.90. The fourth-order valence-corrected chi connectivity index (χ4v) is 4.39. The van der Waals surface area contributed by atoms with Gasteiger partial charge in [-0.2, -0.15) is 0 Å². The van der Waals surface area contributed by atoms with Crippen LogP contribution in [-0.2, 0) is 0 Å². The Bertz CT molecular complexity index is 765. The molecule has 0 aliphatic rings. The summed E-state index contributed by atoms with van der Waals surface area (Å²) in [5, 5.41) is 0. The van der Waals surface area contributed by atoms with E-state index in [4.69, 9.17) is 0 Å². The molecule has 0 N–H and O–H groups in total. The Morgan fingerprint density at radius 1 is 0.667 bits per heavy atom. The van der Waals surface area contributed by atoms with Crippen molar-refractivity contribution in [2.45, 2.75) is 33.4 Å². The SMILES string of the molecule is C=Cc1c(Sc2ccc(C)cc2)cccc1Sc1ccc(C)cc1. The summed E-state index contributed by atoms with van der Waals surface area (Å²) < 4.78 is 0. The molecule has 0 unspecified atom stereocenters.